The van der Waals surface area contributed by atoms with Crippen LogP contribution >= 0.6 is 11.8 Å². The first-order valence-electron chi connectivity index (χ1n) is 9.46. The number of ether oxygens (including phenoxy) is 2. The molecule has 5 rings (SSSR count). The number of hydrogen-bond donors (Lipinski definition) is 0. The molecule has 0 aliphatic carbocycles. The Labute approximate surface area is 181 Å². The molecule has 0 saturated carbocycles. The molecule has 0 radical (unpaired) electrons. The fraction of sp³-hybridized carbons (Fsp3) is 0.0909. The highest BCUT2D eigenvalue weighted by molar-refractivity contribution is 7.98. The maximum absolute atomic E-state index is 10.9. The Kier molecular flexibility index (Phi) is 5.01. The lowest BCUT2D eigenvalue weighted by molar-refractivity contribution is -0.384. The van der Waals surface area contributed by atoms with Crippen LogP contribution in [0.5, 0.6) is 11.5 Å². The van der Waals surface area contributed by atoms with Crippen molar-refractivity contribution in [2.75, 3.05) is 6.79 Å². The smallest absolute Gasteiger partial charge is 0.269 e. The number of nitrogens with zero attached hydrogens (tertiary/aromatic N) is 4. The lowest BCUT2D eigenvalue weighted by Gasteiger charge is -2.10. The third-order valence-corrected chi connectivity index (χ3v) is 5.79. The molecule has 0 bridgehead atoms. The van der Waals surface area contributed by atoms with E-state index < -0.39 is 4.92 Å². The van der Waals surface area contributed by atoms with Gasteiger partial charge in [-0.2, -0.15) is 0 Å². The summed E-state index contributed by atoms with van der Waals surface area (Å²) in [6.07, 6.45) is 0. The topological polar surface area (TPSA) is 92.3 Å². The van der Waals surface area contributed by atoms with Gasteiger partial charge in [-0.3, -0.25) is 14.7 Å². The molecule has 0 atom stereocenters. The Hall–Kier alpha value is -3.85. The molecule has 0 N–H and O–H groups in total. The quantitative estimate of drug-likeness (QED) is 0.244. The van der Waals surface area contributed by atoms with Crippen molar-refractivity contribution < 1.29 is 14.4 Å². The molecule has 0 saturated heterocycles. The predicted octanol–water partition coefficient (Wildman–Crippen LogP) is 4.86. The number of nitro groups is 1. The molecule has 0 amide bonds. The van der Waals surface area contributed by atoms with Gasteiger partial charge in [0.05, 0.1) is 4.92 Å². The van der Waals surface area contributed by atoms with E-state index in [0.717, 1.165) is 22.0 Å². The average molecular weight is 432 g/mol. The van der Waals surface area contributed by atoms with Crippen LogP contribution in [0.1, 0.15) is 5.56 Å². The number of rotatable bonds is 6. The first-order valence-corrected chi connectivity index (χ1v) is 10.4. The third-order valence-electron chi connectivity index (χ3n) is 4.79. The lowest BCUT2D eigenvalue weighted by atomic mass is 10.2. The molecular weight excluding hydrogens is 416 g/mol. The summed E-state index contributed by atoms with van der Waals surface area (Å²) in [6, 6.07) is 22.1. The van der Waals surface area contributed by atoms with Crippen LogP contribution in [0.15, 0.2) is 78.0 Å². The number of hydrogen-bond acceptors (Lipinski definition) is 7. The van der Waals surface area contributed by atoms with Gasteiger partial charge in [-0.1, -0.05) is 42.1 Å². The van der Waals surface area contributed by atoms with E-state index in [1.807, 2.05) is 53.1 Å². The van der Waals surface area contributed by atoms with Gasteiger partial charge in [0.25, 0.3) is 5.69 Å². The van der Waals surface area contributed by atoms with Crippen molar-refractivity contribution in [3.05, 3.63) is 88.5 Å². The molecule has 1 aromatic heterocycles. The van der Waals surface area contributed by atoms with Gasteiger partial charge in [-0.05, 0) is 35.9 Å². The molecule has 1 aliphatic rings. The number of fused-ring (bicyclic) bond motifs is 1. The number of thioether (sulfide) groups is 1. The summed E-state index contributed by atoms with van der Waals surface area (Å²) < 4.78 is 12.9. The number of non-ortho nitro benzene ring substituents is 1. The van der Waals surface area contributed by atoms with Gasteiger partial charge in [0, 0.05) is 29.1 Å². The van der Waals surface area contributed by atoms with Crippen LogP contribution in [0.25, 0.3) is 17.1 Å². The van der Waals surface area contributed by atoms with E-state index in [2.05, 4.69) is 10.2 Å². The molecule has 0 unspecified atom stereocenters. The van der Waals surface area contributed by atoms with E-state index in [9.17, 15) is 10.1 Å². The minimum absolute atomic E-state index is 0.0753. The summed E-state index contributed by atoms with van der Waals surface area (Å²) in [6.45, 7) is 0.209. The number of aromatic nitrogens is 3. The van der Waals surface area contributed by atoms with Crippen LogP contribution in [-0.4, -0.2) is 26.5 Å². The summed E-state index contributed by atoms with van der Waals surface area (Å²) >= 11 is 1.51. The molecule has 31 heavy (non-hydrogen) atoms. The summed E-state index contributed by atoms with van der Waals surface area (Å²) in [5, 5.41) is 20.4. The van der Waals surface area contributed by atoms with Gasteiger partial charge in [-0.15, -0.1) is 10.2 Å². The fourth-order valence-electron chi connectivity index (χ4n) is 3.26. The molecule has 154 valence electrons. The van der Waals surface area contributed by atoms with Crippen LogP contribution < -0.4 is 9.47 Å². The number of nitro benzene ring substituents is 1. The zero-order valence-electron chi connectivity index (χ0n) is 16.2. The second-order valence-corrected chi connectivity index (χ2v) is 7.70. The Morgan fingerprint density at radius 3 is 2.52 bits per heavy atom. The van der Waals surface area contributed by atoms with Crippen LogP contribution in [-0.2, 0) is 5.75 Å². The monoisotopic (exact) mass is 432 g/mol. The Morgan fingerprint density at radius 1 is 0.968 bits per heavy atom. The highest BCUT2D eigenvalue weighted by Crippen LogP contribution is 2.37. The lowest BCUT2D eigenvalue weighted by Crippen LogP contribution is -1.99. The highest BCUT2D eigenvalue weighted by Gasteiger charge is 2.20. The van der Waals surface area contributed by atoms with Crippen molar-refractivity contribution in [1.82, 2.24) is 14.8 Å². The molecule has 2 heterocycles. The van der Waals surface area contributed by atoms with Crippen molar-refractivity contribution >= 4 is 17.4 Å². The molecule has 1 aliphatic heterocycles. The second kappa shape index (κ2) is 8.11. The van der Waals surface area contributed by atoms with E-state index in [-0.39, 0.29) is 12.5 Å². The van der Waals surface area contributed by atoms with Gasteiger partial charge in [-0.25, -0.2) is 0 Å². The number of para-hydroxylation sites is 1. The molecule has 0 spiro atoms. The van der Waals surface area contributed by atoms with Crippen LogP contribution in [0.3, 0.4) is 0 Å². The zero-order chi connectivity index (χ0) is 21.2. The normalized spacial score (nSPS) is 12.1. The SMILES string of the molecule is O=[N+]([O-])c1ccc(CSc2nnc(-c3ccc4c(c3)OCO4)n2-c2ccccc2)cc1. The summed E-state index contributed by atoms with van der Waals surface area (Å²) in [5.74, 6) is 2.68. The molecule has 8 nitrogen and oxygen atoms in total. The van der Waals surface area contributed by atoms with Crippen LogP contribution in [0.2, 0.25) is 0 Å². The zero-order valence-corrected chi connectivity index (χ0v) is 17.0. The Balaban J connectivity index is 1.48. The first kappa shape index (κ1) is 19.1. The number of benzene rings is 3. The molecule has 0 fully saturated rings. The van der Waals surface area contributed by atoms with Gasteiger partial charge in [0.15, 0.2) is 22.5 Å². The van der Waals surface area contributed by atoms with Crippen molar-refractivity contribution in [2.24, 2.45) is 0 Å². The van der Waals surface area contributed by atoms with Crippen molar-refractivity contribution in [1.29, 1.82) is 0 Å². The van der Waals surface area contributed by atoms with Crippen LogP contribution in [0, 0.1) is 10.1 Å². The fourth-order valence-corrected chi connectivity index (χ4v) is 4.17. The van der Waals surface area contributed by atoms with E-state index in [0.29, 0.717) is 23.1 Å². The Morgan fingerprint density at radius 2 is 1.74 bits per heavy atom. The molecule has 9 heteroatoms. The molecule has 4 aromatic rings. The third kappa shape index (κ3) is 3.82. The van der Waals surface area contributed by atoms with Gasteiger partial charge in [0.1, 0.15) is 0 Å². The largest absolute Gasteiger partial charge is 0.454 e. The average Bonchev–Trinajstić information content (AvgIpc) is 3.45. The summed E-state index contributed by atoms with van der Waals surface area (Å²) in [5.41, 5.74) is 2.84. The van der Waals surface area contributed by atoms with Crippen molar-refractivity contribution in [3.8, 4) is 28.6 Å². The summed E-state index contributed by atoms with van der Waals surface area (Å²) in [4.78, 5) is 10.5. The minimum atomic E-state index is -0.402. The van der Waals surface area contributed by atoms with E-state index in [1.165, 1.54) is 23.9 Å². The molecular formula is C22H16N4O4S. The maximum Gasteiger partial charge on any atom is 0.269 e. The van der Waals surface area contributed by atoms with Gasteiger partial charge in [0.2, 0.25) is 6.79 Å². The van der Waals surface area contributed by atoms with Crippen LogP contribution in [0.4, 0.5) is 5.69 Å². The van der Waals surface area contributed by atoms with Gasteiger partial charge >= 0.3 is 0 Å². The van der Waals surface area contributed by atoms with Gasteiger partial charge < -0.3 is 9.47 Å². The minimum Gasteiger partial charge on any atom is -0.454 e. The standard InChI is InChI=1S/C22H16N4O4S/c27-26(28)18-9-6-15(7-10-18)13-31-22-24-23-21(25(22)17-4-2-1-3-5-17)16-8-11-19-20(12-16)30-14-29-19/h1-12H,13-14H2. The van der Waals surface area contributed by atoms with E-state index >= 15 is 0 Å². The van der Waals surface area contributed by atoms with E-state index in [1.54, 1.807) is 12.1 Å². The second-order valence-electron chi connectivity index (χ2n) is 6.76. The maximum atomic E-state index is 10.9. The van der Waals surface area contributed by atoms with Crippen molar-refractivity contribution in [2.45, 2.75) is 10.9 Å². The Bertz CT molecular complexity index is 1240. The highest BCUT2D eigenvalue weighted by atomic mass is 32.2. The van der Waals surface area contributed by atoms with Crippen molar-refractivity contribution in [3.63, 3.8) is 0 Å². The first-order chi connectivity index (χ1) is 15.2. The van der Waals surface area contributed by atoms with E-state index in [4.69, 9.17) is 9.47 Å². The summed E-state index contributed by atoms with van der Waals surface area (Å²) in [7, 11) is 0. The predicted molar refractivity (Wildman–Crippen MR) is 116 cm³/mol. The molecule has 3 aromatic carbocycles.